The highest BCUT2D eigenvalue weighted by atomic mass is 35.5. The van der Waals surface area contributed by atoms with Crippen LogP contribution < -0.4 is 16.4 Å². The van der Waals surface area contributed by atoms with Crippen molar-refractivity contribution in [3.05, 3.63) is 72.0 Å². The molecule has 26 heteroatoms. The summed E-state index contributed by atoms with van der Waals surface area (Å²) in [5.74, 6) is -0.997. The van der Waals surface area contributed by atoms with Gasteiger partial charge in [0.2, 0.25) is 17.2 Å². The molecule has 0 aliphatic heterocycles. The highest BCUT2D eigenvalue weighted by Gasteiger charge is 2.18. The quantitative estimate of drug-likeness (QED) is 0.0135. The monoisotopic (exact) mass is 830 g/mol. The molecule has 1 heterocycles. The number of nitrogen functional groups attached to an aromatic ring is 1. The minimum absolute atomic E-state index is 0.0313. The Morgan fingerprint density at radius 2 is 1.49 bits per heavy atom. The number of hydrogen-bond acceptors (Lipinski definition) is 22. The maximum Gasteiger partial charge on any atom is 0.397 e. The van der Waals surface area contributed by atoms with E-state index in [4.69, 9.17) is 32.4 Å². The van der Waals surface area contributed by atoms with Crippen LogP contribution in [-0.2, 0) is 43.2 Å². The molecule has 1 aromatic heterocycles. The summed E-state index contributed by atoms with van der Waals surface area (Å²) in [6.45, 7) is -0.777. The van der Waals surface area contributed by atoms with Crippen LogP contribution in [0.1, 0.15) is 0 Å². The zero-order valence-corrected chi connectivity index (χ0v) is 30.1. The second-order valence-electron chi connectivity index (χ2n) is 9.97. The van der Waals surface area contributed by atoms with Crippen molar-refractivity contribution in [3.63, 3.8) is 0 Å². The number of benzene rings is 4. The van der Waals surface area contributed by atoms with Gasteiger partial charge < -0.3 is 21.5 Å². The van der Waals surface area contributed by atoms with Crippen molar-refractivity contribution in [2.24, 2.45) is 10.2 Å². The predicted octanol–water partition coefficient (Wildman–Crippen LogP) is 6.32. The summed E-state index contributed by atoms with van der Waals surface area (Å²) in [6.07, 6.45) is 0. The number of rotatable bonds is 17. The highest BCUT2D eigenvalue weighted by Crippen LogP contribution is 2.42. The molecule has 0 spiro atoms. The fourth-order valence-electron chi connectivity index (χ4n) is 4.36. The second-order valence-corrected chi connectivity index (χ2v) is 15.0. The van der Waals surface area contributed by atoms with E-state index in [0.29, 0.717) is 50.6 Å². The van der Waals surface area contributed by atoms with Crippen LogP contribution in [0.5, 0.6) is 5.75 Å². The first kappa shape index (κ1) is 39.7. The Kier molecular flexibility index (Phi) is 13.2. The number of nitrogens with two attached hydrogens (primary N) is 1. The smallest absolute Gasteiger partial charge is 0.397 e. The molecule has 0 aliphatic rings. The summed E-state index contributed by atoms with van der Waals surface area (Å²) >= 11 is 7.39. The van der Waals surface area contributed by atoms with E-state index < -0.39 is 32.6 Å². The molecule has 21 nitrogen and oxygen atoms in total. The zero-order chi connectivity index (χ0) is 38.2. The van der Waals surface area contributed by atoms with Crippen molar-refractivity contribution in [1.29, 1.82) is 0 Å². The minimum atomic E-state index is -4.79. The largest absolute Gasteiger partial charge is 0.507 e. The molecule has 0 bridgehead atoms. The van der Waals surface area contributed by atoms with Gasteiger partial charge in [-0.2, -0.15) is 23.4 Å². The first-order chi connectivity index (χ1) is 25.2. The summed E-state index contributed by atoms with van der Waals surface area (Å²) in [5.41, 5.74) is 7.34. The van der Waals surface area contributed by atoms with E-state index in [0.717, 1.165) is 0 Å². The van der Waals surface area contributed by atoms with Crippen LogP contribution in [0.3, 0.4) is 0 Å². The normalized spacial score (nSPS) is 12.1. The summed E-state index contributed by atoms with van der Waals surface area (Å²) in [4.78, 5) is 12.9. The number of aromatic nitrogens is 3. The third kappa shape index (κ3) is 11.0. The standard InChI is InChI=1S/C27H23ClN8O13S4/c28-25-32-26(30-15-2-5-18(6-3-15)52(40,41)10-9-45-53(42,43)44)34-27(33-25)31-16-4-8-22(51-49-47-39)20(12-16)35-36-24-19(29)7-1-14-11-17(50-48-46-38)13-21(37)23(14)24/h1-8,11-13,37-39H,9-10,29H2,(H,42,43,44)(H2,30,31,32,33,34). The van der Waals surface area contributed by atoms with E-state index in [1.807, 2.05) is 0 Å². The van der Waals surface area contributed by atoms with Gasteiger partial charge in [-0.3, -0.25) is 4.55 Å². The molecule has 5 aromatic rings. The van der Waals surface area contributed by atoms with Crippen molar-refractivity contribution in [2.75, 3.05) is 28.7 Å². The number of azo groups is 1. The van der Waals surface area contributed by atoms with Gasteiger partial charge in [0.15, 0.2) is 9.84 Å². The van der Waals surface area contributed by atoms with Crippen LogP contribution >= 0.6 is 35.7 Å². The molecule has 0 amide bonds. The predicted molar refractivity (Wildman–Crippen MR) is 189 cm³/mol. The molecule has 0 unspecified atom stereocenters. The van der Waals surface area contributed by atoms with Crippen molar-refractivity contribution in [2.45, 2.75) is 14.7 Å². The minimum Gasteiger partial charge on any atom is -0.507 e. The third-order valence-electron chi connectivity index (χ3n) is 6.52. The van der Waals surface area contributed by atoms with Gasteiger partial charge in [0.25, 0.3) is 0 Å². The van der Waals surface area contributed by atoms with Crippen LogP contribution in [-0.4, -0.2) is 64.3 Å². The average Bonchev–Trinajstić information content (AvgIpc) is 3.09. The number of hydrogen-bond donors (Lipinski definition) is 7. The van der Waals surface area contributed by atoms with Gasteiger partial charge in [-0.25, -0.2) is 23.1 Å². The summed E-state index contributed by atoms with van der Waals surface area (Å²) in [5, 5.41) is 50.2. The van der Waals surface area contributed by atoms with E-state index in [-0.39, 0.29) is 50.3 Å². The van der Waals surface area contributed by atoms with Crippen molar-refractivity contribution >= 4 is 107 Å². The topological polar surface area (TPSA) is 309 Å². The molecule has 5 rings (SSSR count). The summed E-state index contributed by atoms with van der Waals surface area (Å²) in [6, 6.07) is 16.0. The van der Waals surface area contributed by atoms with Crippen molar-refractivity contribution < 1.29 is 59.9 Å². The highest BCUT2D eigenvalue weighted by molar-refractivity contribution is 7.95. The van der Waals surface area contributed by atoms with Crippen LogP contribution in [0.25, 0.3) is 10.8 Å². The number of phenolic OH excluding ortho intramolecular Hbond substituents is 1. The van der Waals surface area contributed by atoms with E-state index in [2.05, 4.69) is 58.7 Å². The molecule has 0 saturated carbocycles. The lowest BCUT2D eigenvalue weighted by Crippen LogP contribution is -2.15. The molecule has 0 atom stereocenters. The fraction of sp³-hybridized carbons (Fsp3) is 0.0741. The Bertz CT molecular complexity index is 2360. The molecule has 0 fully saturated rings. The zero-order valence-electron chi connectivity index (χ0n) is 26.1. The van der Waals surface area contributed by atoms with Crippen LogP contribution in [0.2, 0.25) is 5.28 Å². The fourth-order valence-corrected chi connectivity index (χ4v) is 6.86. The van der Waals surface area contributed by atoms with Crippen LogP contribution in [0.15, 0.2) is 91.6 Å². The number of aromatic hydroxyl groups is 1. The second kappa shape index (κ2) is 17.6. The van der Waals surface area contributed by atoms with Gasteiger partial charge in [-0.05, 0) is 77.7 Å². The van der Waals surface area contributed by atoms with Crippen molar-refractivity contribution in [1.82, 2.24) is 15.0 Å². The molecular formula is C27H23ClN8O13S4. The number of halogens is 1. The molecule has 0 radical (unpaired) electrons. The lowest BCUT2D eigenvalue weighted by atomic mass is 10.1. The summed E-state index contributed by atoms with van der Waals surface area (Å²) in [7, 11) is -8.74. The van der Waals surface area contributed by atoms with E-state index in [1.54, 1.807) is 24.3 Å². The molecule has 53 heavy (non-hydrogen) atoms. The number of fused-ring (bicyclic) bond motifs is 1. The molecule has 0 aliphatic carbocycles. The lowest BCUT2D eigenvalue weighted by Gasteiger charge is -2.11. The number of phenols is 1. The van der Waals surface area contributed by atoms with E-state index in [1.165, 1.54) is 42.5 Å². The first-order valence-corrected chi connectivity index (χ1v) is 18.9. The van der Waals surface area contributed by atoms with Gasteiger partial charge in [-0.15, -0.1) is 18.9 Å². The van der Waals surface area contributed by atoms with E-state index in [9.17, 15) is 21.9 Å². The lowest BCUT2D eigenvalue weighted by molar-refractivity contribution is -0.432. The van der Waals surface area contributed by atoms with Gasteiger partial charge in [-0.1, -0.05) is 16.1 Å². The Balaban J connectivity index is 1.37. The average molecular weight is 831 g/mol. The number of nitrogens with one attached hydrogen (secondary N) is 2. The molecule has 8 N–H and O–H groups in total. The Morgan fingerprint density at radius 1 is 0.830 bits per heavy atom. The van der Waals surface area contributed by atoms with Crippen molar-refractivity contribution in [3.8, 4) is 5.75 Å². The third-order valence-corrected chi connectivity index (χ3v) is 10.1. The first-order valence-electron chi connectivity index (χ1n) is 14.1. The van der Waals surface area contributed by atoms with E-state index >= 15 is 0 Å². The maximum atomic E-state index is 12.5. The number of anilines is 5. The molecular weight excluding hydrogens is 808 g/mol. The van der Waals surface area contributed by atoms with Gasteiger partial charge >= 0.3 is 10.4 Å². The molecule has 280 valence electrons. The number of sulfone groups is 1. The molecule has 0 saturated heterocycles. The number of nitrogens with zero attached hydrogens (tertiary/aromatic N) is 5. The SMILES string of the molecule is Nc1ccc2cc(SOOO)cc(O)c2c1N=Nc1cc(Nc2nc(Cl)nc(Nc3ccc(S(=O)(=O)CCOS(=O)(=O)O)cc3)n2)ccc1SOOO. The Morgan fingerprint density at radius 3 is 2.17 bits per heavy atom. The van der Waals surface area contributed by atoms with Gasteiger partial charge in [0.05, 0.1) is 57.3 Å². The Labute approximate surface area is 312 Å². The van der Waals surface area contributed by atoms with Gasteiger partial charge in [0, 0.05) is 16.3 Å². The van der Waals surface area contributed by atoms with Gasteiger partial charge in [0.1, 0.15) is 17.1 Å². The Hall–Kier alpha value is -4.48. The summed E-state index contributed by atoms with van der Waals surface area (Å²) < 4.78 is 68.1. The van der Waals surface area contributed by atoms with Crippen LogP contribution in [0.4, 0.5) is 40.3 Å². The maximum absolute atomic E-state index is 12.5. The molecule has 4 aromatic carbocycles. The van der Waals surface area contributed by atoms with Crippen LogP contribution in [0, 0.1) is 0 Å².